The molecule has 0 saturated carbocycles. The van der Waals surface area contributed by atoms with Crippen LogP contribution in [0.2, 0.25) is 10.0 Å². The van der Waals surface area contributed by atoms with Crippen LogP contribution in [0.5, 0.6) is 5.75 Å². The van der Waals surface area contributed by atoms with Gasteiger partial charge in [-0.3, -0.25) is 14.4 Å². The van der Waals surface area contributed by atoms with Crippen LogP contribution in [-0.4, -0.2) is 24.8 Å². The van der Waals surface area contributed by atoms with Crippen LogP contribution in [0, 0.1) is 5.41 Å². The quantitative estimate of drug-likeness (QED) is 0.0646. The summed E-state index contributed by atoms with van der Waals surface area (Å²) in [5.74, 6) is -1.49. The van der Waals surface area contributed by atoms with Gasteiger partial charge in [-0.15, -0.1) is 0 Å². The lowest BCUT2D eigenvalue weighted by molar-refractivity contribution is -0.168. The second kappa shape index (κ2) is 16.9. The SMILES string of the molecule is CCCCCCCCCCCCCOC(=O)C(CC)(CC)C(=O)Oc1c(Cl)cc(Cl)cc1C=O. The Morgan fingerprint density at radius 2 is 1.35 bits per heavy atom. The van der Waals surface area contributed by atoms with Crippen molar-refractivity contribution in [3.05, 3.63) is 27.7 Å². The molecule has 0 N–H and O–H groups in total. The van der Waals surface area contributed by atoms with Crippen LogP contribution in [0.15, 0.2) is 12.1 Å². The van der Waals surface area contributed by atoms with E-state index in [0.29, 0.717) is 6.29 Å². The van der Waals surface area contributed by atoms with E-state index in [9.17, 15) is 14.4 Å². The Morgan fingerprint density at radius 1 is 0.824 bits per heavy atom. The van der Waals surface area contributed by atoms with E-state index in [-0.39, 0.29) is 40.8 Å². The third kappa shape index (κ3) is 9.58. The first-order chi connectivity index (χ1) is 16.4. The van der Waals surface area contributed by atoms with Crippen molar-refractivity contribution in [2.75, 3.05) is 6.61 Å². The molecular formula is C27H40Cl2O5. The first-order valence-corrected chi connectivity index (χ1v) is 13.5. The average molecular weight is 516 g/mol. The Kier molecular flexibility index (Phi) is 15.2. The topological polar surface area (TPSA) is 69.7 Å². The van der Waals surface area contributed by atoms with Gasteiger partial charge in [0.15, 0.2) is 17.5 Å². The molecule has 192 valence electrons. The van der Waals surface area contributed by atoms with Crippen LogP contribution in [0.25, 0.3) is 0 Å². The zero-order chi connectivity index (χ0) is 25.4. The molecule has 0 amide bonds. The van der Waals surface area contributed by atoms with Gasteiger partial charge < -0.3 is 9.47 Å². The number of esters is 2. The Morgan fingerprint density at radius 3 is 1.85 bits per heavy atom. The number of unbranched alkanes of at least 4 members (excludes halogenated alkanes) is 10. The standard InChI is InChI=1S/C27H40Cl2O5/c1-4-7-8-9-10-11-12-13-14-15-16-17-33-25(31)27(5-2,6-3)26(32)34-24-21(20-30)18-22(28)19-23(24)29/h18-20H,4-17H2,1-3H3. The van der Waals surface area contributed by atoms with Crippen molar-refractivity contribution in [3.8, 4) is 5.75 Å². The minimum Gasteiger partial charge on any atom is -0.465 e. The lowest BCUT2D eigenvalue weighted by Gasteiger charge is -2.27. The highest BCUT2D eigenvalue weighted by Gasteiger charge is 2.46. The number of ether oxygens (including phenoxy) is 2. The molecule has 0 radical (unpaired) electrons. The van der Waals surface area contributed by atoms with Gasteiger partial charge in [0.1, 0.15) is 0 Å². The minimum atomic E-state index is -1.46. The van der Waals surface area contributed by atoms with Crippen LogP contribution in [-0.2, 0) is 14.3 Å². The maximum Gasteiger partial charge on any atom is 0.328 e. The summed E-state index contributed by atoms with van der Waals surface area (Å²) in [7, 11) is 0. The molecule has 1 aromatic carbocycles. The fourth-order valence-corrected chi connectivity index (χ4v) is 4.49. The molecule has 0 aromatic heterocycles. The van der Waals surface area contributed by atoms with Gasteiger partial charge >= 0.3 is 11.9 Å². The molecule has 0 fully saturated rings. The average Bonchev–Trinajstić information content (AvgIpc) is 2.82. The smallest absolute Gasteiger partial charge is 0.328 e. The number of halogens is 2. The molecular weight excluding hydrogens is 475 g/mol. The van der Waals surface area contributed by atoms with Gasteiger partial charge in [-0.1, -0.05) is 108 Å². The highest BCUT2D eigenvalue weighted by molar-refractivity contribution is 6.36. The monoisotopic (exact) mass is 514 g/mol. The zero-order valence-electron chi connectivity index (χ0n) is 20.9. The molecule has 0 saturated heterocycles. The second-order valence-corrected chi connectivity index (χ2v) is 9.62. The molecule has 0 heterocycles. The third-order valence-electron chi connectivity index (χ3n) is 6.33. The molecule has 0 atom stereocenters. The third-order valence-corrected chi connectivity index (χ3v) is 6.83. The lowest BCUT2D eigenvalue weighted by Crippen LogP contribution is -2.42. The van der Waals surface area contributed by atoms with Gasteiger partial charge in [0.25, 0.3) is 0 Å². The predicted octanol–water partition coefficient (Wildman–Crippen LogP) is 8.37. The Hall–Kier alpha value is -1.59. The number of hydrogen-bond donors (Lipinski definition) is 0. The summed E-state index contributed by atoms with van der Waals surface area (Å²) in [6.45, 7) is 5.97. The molecule has 0 aliphatic carbocycles. The Balaban J connectivity index is 2.50. The van der Waals surface area contributed by atoms with E-state index in [0.717, 1.165) is 19.3 Å². The van der Waals surface area contributed by atoms with Gasteiger partial charge in [-0.05, 0) is 31.4 Å². The maximum atomic E-state index is 13.0. The summed E-state index contributed by atoms with van der Waals surface area (Å²) in [5.41, 5.74) is -1.41. The number of carbonyl (C=O) groups excluding carboxylic acids is 3. The maximum absolute atomic E-state index is 13.0. The largest absolute Gasteiger partial charge is 0.465 e. The molecule has 0 bridgehead atoms. The van der Waals surface area contributed by atoms with Crippen LogP contribution in [0.4, 0.5) is 0 Å². The Labute approximate surface area is 214 Å². The number of rotatable bonds is 18. The zero-order valence-corrected chi connectivity index (χ0v) is 22.4. The number of benzene rings is 1. The van der Waals surface area contributed by atoms with Gasteiger partial charge in [0.05, 0.1) is 17.2 Å². The predicted molar refractivity (Wildman–Crippen MR) is 138 cm³/mol. The molecule has 1 rings (SSSR count). The summed E-state index contributed by atoms with van der Waals surface area (Å²) in [6, 6.07) is 2.73. The lowest BCUT2D eigenvalue weighted by atomic mass is 9.82. The molecule has 7 heteroatoms. The van der Waals surface area contributed by atoms with Crippen LogP contribution in [0.3, 0.4) is 0 Å². The van der Waals surface area contributed by atoms with Crippen molar-refractivity contribution in [2.45, 2.75) is 104 Å². The minimum absolute atomic E-state index is 0.0263. The highest BCUT2D eigenvalue weighted by atomic mass is 35.5. The van der Waals surface area contributed by atoms with E-state index in [2.05, 4.69) is 6.92 Å². The second-order valence-electron chi connectivity index (χ2n) is 8.77. The summed E-state index contributed by atoms with van der Waals surface area (Å²) >= 11 is 12.0. The van der Waals surface area contributed by atoms with Crippen molar-refractivity contribution >= 4 is 41.4 Å². The first-order valence-electron chi connectivity index (χ1n) is 12.7. The van der Waals surface area contributed by atoms with E-state index < -0.39 is 17.4 Å². The number of aldehydes is 1. The normalized spacial score (nSPS) is 11.3. The molecule has 0 aliphatic rings. The van der Waals surface area contributed by atoms with E-state index in [1.54, 1.807) is 13.8 Å². The van der Waals surface area contributed by atoms with Crippen molar-refractivity contribution in [3.63, 3.8) is 0 Å². The Bertz CT molecular complexity index is 775. The van der Waals surface area contributed by atoms with Crippen LogP contribution in [0.1, 0.15) is 115 Å². The first kappa shape index (κ1) is 30.4. The van der Waals surface area contributed by atoms with Gasteiger partial charge in [0, 0.05) is 5.02 Å². The molecule has 0 aliphatic heterocycles. The van der Waals surface area contributed by atoms with E-state index in [1.807, 2.05) is 0 Å². The van der Waals surface area contributed by atoms with Crippen molar-refractivity contribution in [1.82, 2.24) is 0 Å². The van der Waals surface area contributed by atoms with Gasteiger partial charge in [-0.2, -0.15) is 0 Å². The van der Waals surface area contributed by atoms with Gasteiger partial charge in [-0.25, -0.2) is 0 Å². The van der Waals surface area contributed by atoms with Crippen LogP contribution >= 0.6 is 23.2 Å². The summed E-state index contributed by atoms with van der Waals surface area (Å²) in [5, 5.41) is 0.272. The summed E-state index contributed by atoms with van der Waals surface area (Å²) in [6.07, 6.45) is 14.1. The fraction of sp³-hybridized carbons (Fsp3) is 0.667. The molecule has 0 unspecified atom stereocenters. The van der Waals surface area contributed by atoms with E-state index in [1.165, 1.54) is 63.5 Å². The fourth-order valence-electron chi connectivity index (χ4n) is 3.95. The van der Waals surface area contributed by atoms with Crippen LogP contribution < -0.4 is 4.74 Å². The highest BCUT2D eigenvalue weighted by Crippen LogP contribution is 2.36. The summed E-state index contributed by atoms with van der Waals surface area (Å²) < 4.78 is 10.9. The summed E-state index contributed by atoms with van der Waals surface area (Å²) in [4.78, 5) is 37.3. The van der Waals surface area contributed by atoms with E-state index >= 15 is 0 Å². The van der Waals surface area contributed by atoms with Crippen molar-refractivity contribution < 1.29 is 23.9 Å². The van der Waals surface area contributed by atoms with E-state index in [4.69, 9.17) is 32.7 Å². The molecule has 5 nitrogen and oxygen atoms in total. The number of carbonyl (C=O) groups is 3. The number of hydrogen-bond acceptors (Lipinski definition) is 5. The van der Waals surface area contributed by atoms with Gasteiger partial charge in [0.2, 0.25) is 0 Å². The molecule has 34 heavy (non-hydrogen) atoms. The molecule has 1 aromatic rings. The van der Waals surface area contributed by atoms with Crippen molar-refractivity contribution in [1.29, 1.82) is 0 Å². The molecule has 0 spiro atoms. The van der Waals surface area contributed by atoms with Crippen molar-refractivity contribution in [2.24, 2.45) is 5.41 Å².